The highest BCUT2D eigenvalue weighted by Gasteiger charge is 2.66. The number of para-hydroxylation sites is 1. The molecule has 116 valence electrons. The van der Waals surface area contributed by atoms with E-state index in [1.807, 2.05) is 0 Å². The van der Waals surface area contributed by atoms with Crippen LogP contribution < -0.4 is 15.0 Å². The quantitative estimate of drug-likeness (QED) is 0.822. The first-order chi connectivity index (χ1) is 10.2. The number of hydrogen-bond donors (Lipinski definition) is 1. The Morgan fingerprint density at radius 2 is 1.68 bits per heavy atom. The van der Waals surface area contributed by atoms with Gasteiger partial charge in [-0.2, -0.15) is 17.6 Å². The summed E-state index contributed by atoms with van der Waals surface area (Å²) in [7, 11) is 0. The summed E-state index contributed by atoms with van der Waals surface area (Å²) < 4.78 is 62.7. The molecule has 3 rings (SSSR count). The van der Waals surface area contributed by atoms with Crippen LogP contribution in [0.3, 0.4) is 0 Å². The van der Waals surface area contributed by atoms with E-state index < -0.39 is 23.7 Å². The van der Waals surface area contributed by atoms with Gasteiger partial charge in [-0.05, 0) is 30.7 Å². The first-order valence-corrected chi connectivity index (χ1v) is 6.22. The number of aryl methyl sites for hydroxylation is 1. The number of rotatable bonds is 1. The fourth-order valence-corrected chi connectivity index (χ4v) is 2.07. The van der Waals surface area contributed by atoms with Crippen molar-refractivity contribution < 1.29 is 27.0 Å². The molecule has 0 bridgehead atoms. The van der Waals surface area contributed by atoms with Crippen molar-refractivity contribution in [2.45, 2.75) is 19.1 Å². The Hall–Kier alpha value is -2.51. The molecule has 2 heterocycles. The summed E-state index contributed by atoms with van der Waals surface area (Å²) in [5.74, 6) is -1.05. The minimum Gasteiger partial charge on any atom is -0.421 e. The standard InChI is InChI=1S/C14H10F4N2O2/c1-8-5-6-11(19)20(7-8)9-3-2-4-10-12(9)22-14(17,18)13(15,16)21-10/h2-7,19H,1H3. The van der Waals surface area contributed by atoms with E-state index in [0.29, 0.717) is 0 Å². The normalized spacial score (nSPS) is 18.0. The molecule has 4 nitrogen and oxygen atoms in total. The average Bonchev–Trinajstić information content (AvgIpc) is 2.42. The number of hydrogen-bond acceptors (Lipinski definition) is 3. The Balaban J connectivity index is 2.22. The van der Waals surface area contributed by atoms with E-state index in [-0.39, 0.29) is 11.2 Å². The van der Waals surface area contributed by atoms with Gasteiger partial charge >= 0.3 is 12.2 Å². The first kappa shape index (κ1) is 14.4. The van der Waals surface area contributed by atoms with E-state index in [0.717, 1.165) is 11.6 Å². The third kappa shape index (κ3) is 2.11. The van der Waals surface area contributed by atoms with E-state index in [2.05, 4.69) is 9.47 Å². The monoisotopic (exact) mass is 314 g/mol. The number of benzene rings is 1. The maximum absolute atomic E-state index is 13.4. The van der Waals surface area contributed by atoms with Gasteiger partial charge in [-0.1, -0.05) is 12.1 Å². The molecule has 0 amide bonds. The Labute approximate surface area is 122 Å². The lowest BCUT2D eigenvalue weighted by molar-refractivity contribution is -0.391. The number of ether oxygens (including phenoxy) is 2. The molecular weight excluding hydrogens is 304 g/mol. The smallest absolute Gasteiger partial charge is 0.421 e. The molecule has 1 N–H and O–H groups in total. The van der Waals surface area contributed by atoms with E-state index in [1.54, 1.807) is 13.0 Å². The van der Waals surface area contributed by atoms with Crippen LogP contribution in [0, 0.1) is 12.3 Å². The second kappa shape index (κ2) is 4.49. The van der Waals surface area contributed by atoms with Crippen molar-refractivity contribution in [3.63, 3.8) is 0 Å². The number of nitrogens with one attached hydrogen (secondary N) is 1. The molecule has 0 fully saturated rings. The molecule has 1 aromatic heterocycles. The van der Waals surface area contributed by atoms with Crippen molar-refractivity contribution in [3.05, 3.63) is 47.6 Å². The van der Waals surface area contributed by atoms with Gasteiger partial charge in [0.15, 0.2) is 11.5 Å². The van der Waals surface area contributed by atoms with Crippen LogP contribution in [0.2, 0.25) is 0 Å². The number of aromatic nitrogens is 1. The molecular formula is C14H10F4N2O2. The molecule has 2 aromatic rings. The third-order valence-corrected chi connectivity index (χ3v) is 3.12. The fraction of sp³-hybridized carbons (Fsp3) is 0.214. The number of pyridine rings is 1. The molecule has 0 aliphatic carbocycles. The van der Waals surface area contributed by atoms with Crippen molar-refractivity contribution in [2.75, 3.05) is 0 Å². The second-order valence-corrected chi connectivity index (χ2v) is 4.80. The topological polar surface area (TPSA) is 47.2 Å². The van der Waals surface area contributed by atoms with Gasteiger partial charge in [-0.25, -0.2) is 0 Å². The summed E-state index contributed by atoms with van der Waals surface area (Å²) in [4.78, 5) is 0. The predicted molar refractivity (Wildman–Crippen MR) is 67.5 cm³/mol. The third-order valence-electron chi connectivity index (χ3n) is 3.12. The van der Waals surface area contributed by atoms with Gasteiger partial charge in [0, 0.05) is 6.20 Å². The minimum absolute atomic E-state index is 0.0152. The largest absolute Gasteiger partial charge is 0.507 e. The van der Waals surface area contributed by atoms with Crippen LogP contribution in [-0.4, -0.2) is 16.8 Å². The molecule has 0 saturated carbocycles. The highest BCUT2D eigenvalue weighted by atomic mass is 19.3. The first-order valence-electron chi connectivity index (χ1n) is 6.22. The molecule has 22 heavy (non-hydrogen) atoms. The van der Waals surface area contributed by atoms with Crippen molar-refractivity contribution in [3.8, 4) is 17.2 Å². The zero-order chi connectivity index (χ0) is 16.1. The van der Waals surface area contributed by atoms with E-state index >= 15 is 0 Å². The van der Waals surface area contributed by atoms with E-state index in [9.17, 15) is 17.6 Å². The van der Waals surface area contributed by atoms with Crippen LogP contribution in [0.25, 0.3) is 5.69 Å². The van der Waals surface area contributed by atoms with E-state index in [1.165, 1.54) is 29.0 Å². The molecule has 0 spiro atoms. The van der Waals surface area contributed by atoms with Crippen molar-refractivity contribution in [1.82, 2.24) is 4.57 Å². The number of alkyl halides is 4. The Bertz CT molecular complexity index is 802. The van der Waals surface area contributed by atoms with Gasteiger partial charge in [0.1, 0.15) is 5.49 Å². The van der Waals surface area contributed by atoms with Crippen LogP contribution >= 0.6 is 0 Å². The van der Waals surface area contributed by atoms with Crippen molar-refractivity contribution in [2.24, 2.45) is 0 Å². The van der Waals surface area contributed by atoms with Gasteiger partial charge < -0.3 is 9.47 Å². The highest BCUT2D eigenvalue weighted by molar-refractivity contribution is 5.57. The number of fused-ring (bicyclic) bond motifs is 1. The molecule has 1 aliphatic rings. The predicted octanol–water partition coefficient (Wildman–Crippen LogP) is 3.22. The zero-order valence-electron chi connectivity index (χ0n) is 11.2. The summed E-state index contributed by atoms with van der Waals surface area (Å²) in [6.07, 6.45) is -8.06. The average molecular weight is 314 g/mol. The van der Waals surface area contributed by atoms with Gasteiger partial charge in [0.25, 0.3) is 0 Å². The highest BCUT2D eigenvalue weighted by Crippen LogP contribution is 2.48. The summed E-state index contributed by atoms with van der Waals surface area (Å²) in [5.41, 5.74) is 0.743. The van der Waals surface area contributed by atoms with Crippen LogP contribution in [0.4, 0.5) is 17.6 Å². The number of nitrogens with zero attached hydrogens (tertiary/aromatic N) is 1. The Morgan fingerprint density at radius 1 is 1.00 bits per heavy atom. The van der Waals surface area contributed by atoms with Crippen LogP contribution in [0.1, 0.15) is 5.56 Å². The fourth-order valence-electron chi connectivity index (χ4n) is 2.07. The Kier molecular flexibility index (Phi) is 2.95. The lowest BCUT2D eigenvalue weighted by atomic mass is 10.2. The molecule has 8 heteroatoms. The van der Waals surface area contributed by atoms with E-state index in [4.69, 9.17) is 5.41 Å². The summed E-state index contributed by atoms with van der Waals surface area (Å²) in [5, 5.41) is 7.83. The lowest BCUT2D eigenvalue weighted by Crippen LogP contribution is -2.52. The molecule has 0 saturated heterocycles. The summed E-state index contributed by atoms with van der Waals surface area (Å²) in [6.45, 7) is 1.74. The second-order valence-electron chi connectivity index (χ2n) is 4.80. The number of halogens is 4. The Morgan fingerprint density at radius 3 is 2.41 bits per heavy atom. The zero-order valence-corrected chi connectivity index (χ0v) is 11.2. The molecule has 0 radical (unpaired) electrons. The van der Waals surface area contributed by atoms with Gasteiger partial charge in [0.2, 0.25) is 0 Å². The van der Waals surface area contributed by atoms with Crippen molar-refractivity contribution in [1.29, 1.82) is 5.41 Å². The van der Waals surface area contributed by atoms with Gasteiger partial charge in [0.05, 0.1) is 5.69 Å². The minimum atomic E-state index is -4.80. The summed E-state index contributed by atoms with van der Waals surface area (Å²) in [6, 6.07) is 6.94. The SMILES string of the molecule is Cc1ccc(=N)n(-c2cccc3c2OC(F)(F)C(F)(F)O3)c1. The lowest BCUT2D eigenvalue weighted by Gasteiger charge is -2.32. The van der Waals surface area contributed by atoms with Crippen molar-refractivity contribution >= 4 is 0 Å². The summed E-state index contributed by atoms with van der Waals surface area (Å²) >= 11 is 0. The molecule has 0 unspecified atom stereocenters. The van der Waals surface area contributed by atoms with Gasteiger partial charge in [-0.15, -0.1) is 0 Å². The maximum Gasteiger partial charge on any atom is 0.507 e. The molecule has 1 aromatic carbocycles. The van der Waals surface area contributed by atoms with Crippen LogP contribution in [0.5, 0.6) is 11.5 Å². The van der Waals surface area contributed by atoms with Crippen LogP contribution in [-0.2, 0) is 0 Å². The maximum atomic E-state index is 13.4. The van der Waals surface area contributed by atoms with Crippen LogP contribution in [0.15, 0.2) is 36.5 Å². The van der Waals surface area contributed by atoms with Gasteiger partial charge in [-0.3, -0.25) is 9.98 Å². The molecule has 1 aliphatic heterocycles. The molecule has 0 atom stereocenters.